The van der Waals surface area contributed by atoms with Crippen molar-refractivity contribution >= 4 is 34.8 Å². The molecule has 0 bridgehead atoms. The molecular weight excluding hydrogens is 368 g/mol. The third-order valence-corrected chi connectivity index (χ3v) is 4.38. The van der Waals surface area contributed by atoms with E-state index in [1.807, 2.05) is 32.0 Å². The Hall–Kier alpha value is -2.73. The zero-order chi connectivity index (χ0) is 20.1. The Balaban J connectivity index is 2.27. The second-order valence-corrected chi connectivity index (χ2v) is 6.54. The molecular formula is C20H23ClN2O4. The van der Waals surface area contributed by atoms with Crippen LogP contribution in [0.5, 0.6) is 11.5 Å². The van der Waals surface area contributed by atoms with Crippen LogP contribution in [0.2, 0.25) is 5.02 Å². The van der Waals surface area contributed by atoms with Gasteiger partial charge in [-0.05, 0) is 31.0 Å². The van der Waals surface area contributed by atoms with Gasteiger partial charge < -0.3 is 19.7 Å². The average molecular weight is 391 g/mol. The second kappa shape index (κ2) is 8.77. The summed E-state index contributed by atoms with van der Waals surface area (Å²) < 4.78 is 10.4. The molecule has 0 radical (unpaired) electrons. The van der Waals surface area contributed by atoms with Gasteiger partial charge >= 0.3 is 0 Å². The van der Waals surface area contributed by atoms with Gasteiger partial charge in [0, 0.05) is 24.7 Å². The predicted octanol–water partition coefficient (Wildman–Crippen LogP) is 3.97. The van der Waals surface area contributed by atoms with Crippen LogP contribution >= 0.6 is 11.6 Å². The number of carbonyl (C=O) groups excluding carboxylic acids is 2. The molecule has 144 valence electrons. The molecule has 27 heavy (non-hydrogen) atoms. The van der Waals surface area contributed by atoms with Crippen molar-refractivity contribution in [3.63, 3.8) is 0 Å². The van der Waals surface area contributed by atoms with Gasteiger partial charge in [-0.15, -0.1) is 0 Å². The monoisotopic (exact) mass is 390 g/mol. The Kier molecular flexibility index (Phi) is 6.69. The standard InChI is InChI=1S/C20H23ClN2O4/c1-12-6-7-13(2)17(8-12)23(14(3)24)11-20(25)22-16-10-18(26-4)15(21)9-19(16)27-5/h6-10H,11H2,1-5H3,(H,22,25). The number of ether oxygens (including phenoxy) is 2. The number of hydrogen-bond acceptors (Lipinski definition) is 4. The van der Waals surface area contributed by atoms with Crippen LogP contribution in [0.3, 0.4) is 0 Å². The van der Waals surface area contributed by atoms with E-state index >= 15 is 0 Å². The zero-order valence-electron chi connectivity index (χ0n) is 16.1. The van der Waals surface area contributed by atoms with Crippen LogP contribution in [0.4, 0.5) is 11.4 Å². The smallest absolute Gasteiger partial charge is 0.244 e. The quantitative estimate of drug-likeness (QED) is 0.810. The molecule has 0 saturated carbocycles. The summed E-state index contributed by atoms with van der Waals surface area (Å²) in [6, 6.07) is 8.90. The van der Waals surface area contributed by atoms with E-state index in [2.05, 4.69) is 5.32 Å². The van der Waals surface area contributed by atoms with Crippen LogP contribution < -0.4 is 19.7 Å². The molecule has 0 heterocycles. The van der Waals surface area contributed by atoms with Crippen molar-refractivity contribution in [2.24, 2.45) is 0 Å². The first-order valence-corrected chi connectivity index (χ1v) is 8.71. The molecule has 2 aromatic carbocycles. The topological polar surface area (TPSA) is 67.9 Å². The van der Waals surface area contributed by atoms with Crippen LogP contribution in [-0.2, 0) is 9.59 Å². The minimum atomic E-state index is -0.367. The van der Waals surface area contributed by atoms with Gasteiger partial charge in [0.2, 0.25) is 11.8 Å². The lowest BCUT2D eigenvalue weighted by Crippen LogP contribution is -2.37. The fraction of sp³-hybridized carbons (Fsp3) is 0.300. The maximum absolute atomic E-state index is 12.6. The van der Waals surface area contributed by atoms with E-state index in [1.54, 1.807) is 12.1 Å². The summed E-state index contributed by atoms with van der Waals surface area (Å²) in [7, 11) is 2.96. The molecule has 0 aromatic heterocycles. The fourth-order valence-corrected chi connectivity index (χ4v) is 2.90. The Morgan fingerprint density at radius 3 is 2.33 bits per heavy atom. The summed E-state index contributed by atoms with van der Waals surface area (Å²) in [5, 5.41) is 3.12. The van der Waals surface area contributed by atoms with Gasteiger partial charge in [0.05, 0.1) is 24.9 Å². The Labute approximate surface area is 164 Å². The van der Waals surface area contributed by atoms with Gasteiger partial charge in [-0.2, -0.15) is 0 Å². The van der Waals surface area contributed by atoms with Crippen molar-refractivity contribution in [1.29, 1.82) is 0 Å². The largest absolute Gasteiger partial charge is 0.495 e. The third kappa shape index (κ3) is 4.92. The maximum Gasteiger partial charge on any atom is 0.244 e. The molecule has 6 nitrogen and oxygen atoms in total. The molecule has 0 aliphatic heterocycles. The van der Waals surface area contributed by atoms with Gasteiger partial charge in [0.1, 0.15) is 18.0 Å². The summed E-state index contributed by atoms with van der Waals surface area (Å²) in [4.78, 5) is 26.2. The van der Waals surface area contributed by atoms with E-state index in [4.69, 9.17) is 21.1 Å². The number of halogens is 1. The van der Waals surface area contributed by atoms with Crippen molar-refractivity contribution in [2.45, 2.75) is 20.8 Å². The molecule has 0 aliphatic rings. The molecule has 2 rings (SSSR count). The number of rotatable bonds is 6. The molecule has 0 saturated heterocycles. The van der Waals surface area contributed by atoms with Gasteiger partial charge in [0.15, 0.2) is 0 Å². The Morgan fingerprint density at radius 1 is 1.07 bits per heavy atom. The van der Waals surface area contributed by atoms with Crippen molar-refractivity contribution in [3.8, 4) is 11.5 Å². The van der Waals surface area contributed by atoms with E-state index in [1.165, 1.54) is 26.0 Å². The molecule has 0 fully saturated rings. The van der Waals surface area contributed by atoms with E-state index in [0.717, 1.165) is 11.1 Å². The first-order valence-electron chi connectivity index (χ1n) is 8.33. The lowest BCUT2D eigenvalue weighted by atomic mass is 10.1. The second-order valence-electron chi connectivity index (χ2n) is 6.13. The van der Waals surface area contributed by atoms with E-state index in [-0.39, 0.29) is 18.4 Å². The maximum atomic E-state index is 12.6. The zero-order valence-corrected chi connectivity index (χ0v) is 16.8. The number of nitrogens with zero attached hydrogens (tertiary/aromatic N) is 1. The first kappa shape index (κ1) is 20.6. The van der Waals surface area contributed by atoms with E-state index < -0.39 is 0 Å². The van der Waals surface area contributed by atoms with Gasteiger partial charge in [-0.1, -0.05) is 23.7 Å². The molecule has 2 aromatic rings. The summed E-state index contributed by atoms with van der Waals surface area (Å²) in [6.45, 7) is 5.14. The number of aryl methyl sites for hydroxylation is 2. The molecule has 2 amide bonds. The number of nitrogens with one attached hydrogen (secondary N) is 1. The molecule has 0 unspecified atom stereocenters. The lowest BCUT2D eigenvalue weighted by molar-refractivity contribution is -0.120. The van der Waals surface area contributed by atoms with E-state index in [9.17, 15) is 9.59 Å². The van der Waals surface area contributed by atoms with Crippen LogP contribution in [0.1, 0.15) is 18.1 Å². The number of anilines is 2. The van der Waals surface area contributed by atoms with Gasteiger partial charge in [0.25, 0.3) is 0 Å². The highest BCUT2D eigenvalue weighted by Crippen LogP contribution is 2.35. The van der Waals surface area contributed by atoms with Crippen LogP contribution in [0.25, 0.3) is 0 Å². The SMILES string of the molecule is COc1cc(NC(=O)CN(C(C)=O)c2cc(C)ccc2C)c(OC)cc1Cl. The number of hydrogen-bond donors (Lipinski definition) is 1. The van der Waals surface area contributed by atoms with Crippen LogP contribution in [0.15, 0.2) is 30.3 Å². The minimum absolute atomic E-state index is 0.131. The van der Waals surface area contributed by atoms with Crippen molar-refractivity contribution in [2.75, 3.05) is 31.0 Å². The predicted molar refractivity (Wildman–Crippen MR) is 107 cm³/mol. The molecule has 0 atom stereocenters. The number of methoxy groups -OCH3 is 2. The number of carbonyl (C=O) groups is 2. The Bertz CT molecular complexity index is 867. The molecule has 1 N–H and O–H groups in total. The average Bonchev–Trinajstić information content (AvgIpc) is 2.62. The summed E-state index contributed by atoms with van der Waals surface area (Å²) in [5.41, 5.74) is 3.03. The van der Waals surface area contributed by atoms with Crippen LogP contribution in [-0.4, -0.2) is 32.6 Å². The molecule has 0 aliphatic carbocycles. The summed E-state index contributed by atoms with van der Waals surface area (Å²) >= 11 is 6.08. The normalized spacial score (nSPS) is 10.3. The Morgan fingerprint density at radius 2 is 1.74 bits per heavy atom. The van der Waals surface area contributed by atoms with Crippen LogP contribution in [0, 0.1) is 13.8 Å². The third-order valence-electron chi connectivity index (χ3n) is 4.09. The van der Waals surface area contributed by atoms with Gasteiger partial charge in [-0.3, -0.25) is 9.59 Å². The lowest BCUT2D eigenvalue weighted by Gasteiger charge is -2.23. The van der Waals surface area contributed by atoms with Crippen molar-refractivity contribution in [1.82, 2.24) is 0 Å². The number of amides is 2. The van der Waals surface area contributed by atoms with Gasteiger partial charge in [-0.25, -0.2) is 0 Å². The molecule has 7 heteroatoms. The first-order chi connectivity index (χ1) is 12.8. The highest BCUT2D eigenvalue weighted by molar-refractivity contribution is 6.32. The number of benzene rings is 2. The van der Waals surface area contributed by atoms with E-state index in [0.29, 0.717) is 27.9 Å². The highest BCUT2D eigenvalue weighted by atomic mass is 35.5. The minimum Gasteiger partial charge on any atom is -0.495 e. The highest BCUT2D eigenvalue weighted by Gasteiger charge is 2.19. The molecule has 0 spiro atoms. The summed E-state index contributed by atoms with van der Waals surface area (Å²) in [6.07, 6.45) is 0. The summed E-state index contributed by atoms with van der Waals surface area (Å²) in [5.74, 6) is 0.217. The van der Waals surface area contributed by atoms with Crippen molar-refractivity contribution in [3.05, 3.63) is 46.5 Å². The fourth-order valence-electron chi connectivity index (χ4n) is 2.67. The van der Waals surface area contributed by atoms with Crippen molar-refractivity contribution < 1.29 is 19.1 Å².